The molecule has 0 radical (unpaired) electrons. The summed E-state index contributed by atoms with van der Waals surface area (Å²) in [6.45, 7) is 4.46. The molecule has 1 aromatic carbocycles. The second-order valence-electron chi connectivity index (χ2n) is 4.81. The molecule has 114 valence electrons. The summed E-state index contributed by atoms with van der Waals surface area (Å²) in [4.78, 5) is 23.0. The predicted octanol–water partition coefficient (Wildman–Crippen LogP) is 1.60. The monoisotopic (exact) mass is 290 g/mol. The quantitative estimate of drug-likeness (QED) is 0.592. The van der Waals surface area contributed by atoms with Crippen LogP contribution in [0.15, 0.2) is 30.3 Å². The molecular formula is C16H22N2O3. The molecule has 0 atom stereocenters. The third-order valence-electron chi connectivity index (χ3n) is 2.80. The molecule has 0 aromatic heterocycles. The number of rotatable bonds is 7. The maximum Gasteiger partial charge on any atom is 0.244 e. The molecule has 0 bridgehead atoms. The Morgan fingerprint density at radius 2 is 1.86 bits per heavy atom. The van der Waals surface area contributed by atoms with Crippen LogP contribution in [0.4, 0.5) is 0 Å². The number of carbonyl (C=O) groups is 2. The Balaban J connectivity index is 2.37. The zero-order chi connectivity index (χ0) is 15.7. The topological polar surface area (TPSA) is 67.4 Å². The lowest BCUT2D eigenvalue weighted by atomic mass is 10.2. The number of amides is 2. The van der Waals surface area contributed by atoms with Gasteiger partial charge in [0.05, 0.1) is 7.11 Å². The molecule has 2 N–H and O–H groups in total. The summed E-state index contributed by atoms with van der Waals surface area (Å²) < 4.78 is 5.19. The smallest absolute Gasteiger partial charge is 0.244 e. The molecule has 1 aromatic rings. The first kappa shape index (κ1) is 16.8. The maximum atomic E-state index is 11.6. The van der Waals surface area contributed by atoms with Crippen molar-refractivity contribution in [3.8, 4) is 5.75 Å². The summed E-state index contributed by atoms with van der Waals surface area (Å²) in [7, 11) is 1.59. The van der Waals surface area contributed by atoms with Crippen molar-refractivity contribution in [3.05, 3.63) is 35.9 Å². The van der Waals surface area contributed by atoms with Crippen LogP contribution in [-0.4, -0.2) is 32.0 Å². The van der Waals surface area contributed by atoms with Gasteiger partial charge in [0.2, 0.25) is 11.8 Å². The first-order valence-electron chi connectivity index (χ1n) is 6.91. The van der Waals surface area contributed by atoms with Gasteiger partial charge >= 0.3 is 0 Å². The fourth-order valence-electron chi connectivity index (χ4n) is 1.60. The van der Waals surface area contributed by atoms with Crippen LogP contribution in [0.25, 0.3) is 6.08 Å². The Hall–Kier alpha value is -2.30. The molecule has 0 aliphatic heterocycles. The summed E-state index contributed by atoms with van der Waals surface area (Å²) in [5.41, 5.74) is 0.836. The highest BCUT2D eigenvalue weighted by molar-refractivity contribution is 5.92. The predicted molar refractivity (Wildman–Crippen MR) is 82.9 cm³/mol. The zero-order valence-electron chi connectivity index (χ0n) is 12.7. The fourth-order valence-corrected chi connectivity index (χ4v) is 1.60. The molecule has 0 heterocycles. The average Bonchev–Trinajstić information content (AvgIpc) is 2.49. The Morgan fingerprint density at radius 1 is 1.19 bits per heavy atom. The Kier molecular flexibility index (Phi) is 7.01. The van der Waals surface area contributed by atoms with E-state index in [2.05, 4.69) is 10.6 Å². The van der Waals surface area contributed by atoms with Gasteiger partial charge in [-0.1, -0.05) is 32.0 Å². The summed E-state index contributed by atoms with van der Waals surface area (Å²) in [5.74, 6) is 0.436. The molecule has 1 rings (SSSR count). The van der Waals surface area contributed by atoms with Gasteiger partial charge in [-0.25, -0.2) is 0 Å². The third-order valence-corrected chi connectivity index (χ3v) is 2.80. The normalized spacial score (nSPS) is 10.7. The summed E-state index contributed by atoms with van der Waals surface area (Å²) in [6.07, 6.45) is 3.14. The minimum atomic E-state index is -0.209. The molecule has 0 fully saturated rings. The van der Waals surface area contributed by atoms with E-state index >= 15 is 0 Å². The minimum Gasteiger partial charge on any atom is -0.496 e. The van der Waals surface area contributed by atoms with Crippen LogP contribution in [0.1, 0.15) is 19.4 Å². The van der Waals surface area contributed by atoms with Crippen molar-refractivity contribution in [1.29, 1.82) is 0 Å². The van der Waals surface area contributed by atoms with E-state index in [-0.39, 0.29) is 17.7 Å². The SMILES string of the molecule is COc1ccccc1/C=C/C(=O)NCCNC(=O)C(C)C. The molecule has 0 saturated heterocycles. The lowest BCUT2D eigenvalue weighted by molar-refractivity contribution is -0.124. The molecule has 0 unspecified atom stereocenters. The number of para-hydroxylation sites is 1. The van der Waals surface area contributed by atoms with Gasteiger partial charge < -0.3 is 15.4 Å². The Morgan fingerprint density at radius 3 is 2.52 bits per heavy atom. The number of ether oxygens (including phenoxy) is 1. The molecule has 5 nitrogen and oxygen atoms in total. The van der Waals surface area contributed by atoms with Crippen LogP contribution in [0.5, 0.6) is 5.75 Å². The molecule has 2 amide bonds. The second-order valence-corrected chi connectivity index (χ2v) is 4.81. The number of methoxy groups -OCH3 is 1. The van der Waals surface area contributed by atoms with E-state index in [4.69, 9.17) is 4.74 Å². The van der Waals surface area contributed by atoms with Gasteiger partial charge in [0.15, 0.2) is 0 Å². The highest BCUT2D eigenvalue weighted by Crippen LogP contribution is 2.18. The van der Waals surface area contributed by atoms with Crippen LogP contribution in [0, 0.1) is 5.92 Å². The van der Waals surface area contributed by atoms with Crippen LogP contribution in [0.3, 0.4) is 0 Å². The average molecular weight is 290 g/mol. The van der Waals surface area contributed by atoms with Crippen molar-refractivity contribution >= 4 is 17.9 Å². The Labute approximate surface area is 125 Å². The highest BCUT2D eigenvalue weighted by atomic mass is 16.5. The van der Waals surface area contributed by atoms with E-state index < -0.39 is 0 Å². The van der Waals surface area contributed by atoms with Crippen molar-refractivity contribution in [3.63, 3.8) is 0 Å². The first-order valence-corrected chi connectivity index (χ1v) is 6.91. The van der Waals surface area contributed by atoms with Gasteiger partial charge in [-0.2, -0.15) is 0 Å². The van der Waals surface area contributed by atoms with Crippen molar-refractivity contribution in [1.82, 2.24) is 10.6 Å². The van der Waals surface area contributed by atoms with Gasteiger partial charge in [0.25, 0.3) is 0 Å². The number of benzene rings is 1. The van der Waals surface area contributed by atoms with Crippen molar-refractivity contribution in [2.75, 3.05) is 20.2 Å². The van der Waals surface area contributed by atoms with Crippen LogP contribution < -0.4 is 15.4 Å². The third kappa shape index (κ3) is 6.12. The highest BCUT2D eigenvalue weighted by Gasteiger charge is 2.05. The van der Waals surface area contributed by atoms with Gasteiger partial charge in [-0.05, 0) is 12.1 Å². The van der Waals surface area contributed by atoms with E-state index in [1.165, 1.54) is 6.08 Å². The largest absolute Gasteiger partial charge is 0.496 e. The number of carbonyl (C=O) groups excluding carboxylic acids is 2. The number of nitrogens with one attached hydrogen (secondary N) is 2. The van der Waals surface area contributed by atoms with E-state index in [1.54, 1.807) is 13.2 Å². The lowest BCUT2D eigenvalue weighted by Crippen LogP contribution is -2.35. The number of hydrogen-bond acceptors (Lipinski definition) is 3. The van der Waals surface area contributed by atoms with E-state index in [0.29, 0.717) is 18.8 Å². The van der Waals surface area contributed by atoms with Gasteiger partial charge in [-0.3, -0.25) is 9.59 Å². The molecule has 0 aliphatic carbocycles. The van der Waals surface area contributed by atoms with Crippen LogP contribution >= 0.6 is 0 Å². The van der Waals surface area contributed by atoms with Crippen molar-refractivity contribution in [2.24, 2.45) is 5.92 Å². The summed E-state index contributed by atoms with van der Waals surface area (Å²) in [5, 5.41) is 5.44. The molecule has 21 heavy (non-hydrogen) atoms. The summed E-state index contributed by atoms with van der Waals surface area (Å²) >= 11 is 0. The molecular weight excluding hydrogens is 268 g/mol. The van der Waals surface area contributed by atoms with E-state index in [1.807, 2.05) is 38.1 Å². The van der Waals surface area contributed by atoms with Gasteiger partial charge in [0, 0.05) is 30.6 Å². The number of hydrogen-bond donors (Lipinski definition) is 2. The molecule has 0 aliphatic rings. The van der Waals surface area contributed by atoms with Gasteiger partial charge in [0.1, 0.15) is 5.75 Å². The van der Waals surface area contributed by atoms with Gasteiger partial charge in [-0.15, -0.1) is 0 Å². The lowest BCUT2D eigenvalue weighted by Gasteiger charge is -2.07. The molecule has 0 saturated carbocycles. The van der Waals surface area contributed by atoms with Crippen LogP contribution in [0.2, 0.25) is 0 Å². The van der Waals surface area contributed by atoms with E-state index in [0.717, 1.165) is 5.56 Å². The maximum absolute atomic E-state index is 11.6. The molecule has 0 spiro atoms. The standard InChI is InChI=1S/C16H22N2O3/c1-12(2)16(20)18-11-10-17-15(19)9-8-13-6-4-5-7-14(13)21-3/h4-9,12H,10-11H2,1-3H3,(H,17,19)(H,18,20)/b9-8+. The first-order chi connectivity index (χ1) is 10.0. The summed E-state index contributed by atoms with van der Waals surface area (Å²) in [6, 6.07) is 7.44. The van der Waals surface area contributed by atoms with Crippen molar-refractivity contribution in [2.45, 2.75) is 13.8 Å². The molecule has 5 heteroatoms. The van der Waals surface area contributed by atoms with Crippen LogP contribution in [-0.2, 0) is 9.59 Å². The van der Waals surface area contributed by atoms with Crippen molar-refractivity contribution < 1.29 is 14.3 Å². The zero-order valence-corrected chi connectivity index (χ0v) is 12.7. The fraction of sp³-hybridized carbons (Fsp3) is 0.375. The minimum absolute atomic E-state index is 0.0196. The van der Waals surface area contributed by atoms with E-state index in [9.17, 15) is 9.59 Å². The Bertz CT molecular complexity index is 510. The second kappa shape index (κ2) is 8.79.